The third-order valence-corrected chi connectivity index (χ3v) is 11.1. The van der Waals surface area contributed by atoms with Crippen LogP contribution < -0.4 is 10.6 Å². The minimum Gasteiger partial charge on any atom is -0.354 e. The molecule has 11 rings (SSSR count). The maximum atomic E-state index is 5.66. The summed E-state index contributed by atoms with van der Waals surface area (Å²) in [6, 6.07) is 60.0. The Morgan fingerprint density at radius 1 is 0.387 bits per heavy atom. The van der Waals surface area contributed by atoms with Crippen LogP contribution in [0.4, 0.5) is 17.3 Å². The number of pyridine rings is 2. The van der Waals surface area contributed by atoms with Gasteiger partial charge in [0.05, 0.1) is 45.2 Å². The molecular formula is C54H38N8. The number of fused-ring (bicyclic) bond motifs is 8. The predicted molar refractivity (Wildman–Crippen MR) is 255 cm³/mol. The van der Waals surface area contributed by atoms with E-state index in [4.69, 9.17) is 15.0 Å². The van der Waals surface area contributed by atoms with Gasteiger partial charge in [-0.3, -0.25) is 0 Å². The molecular weight excluding hydrogens is 761 g/mol. The number of hydrogen-bond acceptors (Lipinski definition) is 6. The van der Waals surface area contributed by atoms with Crippen molar-refractivity contribution in [3.63, 3.8) is 0 Å². The van der Waals surface area contributed by atoms with Crippen LogP contribution >= 0.6 is 0 Å². The summed E-state index contributed by atoms with van der Waals surface area (Å²) >= 11 is 0. The highest BCUT2D eigenvalue weighted by Gasteiger charge is 2.24. The predicted octanol–water partition coefficient (Wildman–Crippen LogP) is 13.3. The summed E-state index contributed by atoms with van der Waals surface area (Å²) in [5.74, 6) is 1.42. The van der Waals surface area contributed by atoms with E-state index < -0.39 is 0 Å². The van der Waals surface area contributed by atoms with E-state index in [9.17, 15) is 0 Å². The van der Waals surface area contributed by atoms with Crippen molar-refractivity contribution in [3.8, 4) is 44.5 Å². The summed E-state index contributed by atoms with van der Waals surface area (Å²) in [5.41, 5.74) is 16.3. The fraction of sp³-hybridized carbons (Fsp3) is 0. The van der Waals surface area contributed by atoms with Gasteiger partial charge in [0.1, 0.15) is 11.6 Å². The van der Waals surface area contributed by atoms with Crippen molar-refractivity contribution in [2.24, 2.45) is 0 Å². The molecule has 7 heterocycles. The van der Waals surface area contributed by atoms with E-state index in [0.29, 0.717) is 11.6 Å². The number of benzene rings is 4. The highest BCUT2D eigenvalue weighted by Crippen LogP contribution is 2.42. The molecule has 2 aliphatic rings. The van der Waals surface area contributed by atoms with Crippen molar-refractivity contribution >= 4 is 63.3 Å². The molecule has 0 saturated heterocycles. The summed E-state index contributed by atoms with van der Waals surface area (Å²) in [6.45, 7) is 0. The molecule has 62 heavy (non-hydrogen) atoms. The summed E-state index contributed by atoms with van der Waals surface area (Å²) in [5, 5.41) is 7.35. The van der Waals surface area contributed by atoms with Gasteiger partial charge < -0.3 is 20.6 Å². The van der Waals surface area contributed by atoms with Crippen molar-refractivity contribution in [1.29, 1.82) is 0 Å². The largest absolute Gasteiger partial charge is 0.354 e. The Kier molecular flexibility index (Phi) is 9.33. The van der Waals surface area contributed by atoms with Crippen LogP contribution in [0.5, 0.6) is 0 Å². The Hall–Kier alpha value is -8.62. The first-order valence-electron chi connectivity index (χ1n) is 20.6. The average Bonchev–Trinajstić information content (AvgIpc) is 4.16. The van der Waals surface area contributed by atoms with Gasteiger partial charge in [0, 0.05) is 45.7 Å². The molecule has 8 nitrogen and oxygen atoms in total. The number of rotatable bonds is 8. The maximum Gasteiger partial charge on any atom is 0.130 e. The van der Waals surface area contributed by atoms with E-state index in [1.54, 1.807) is 12.4 Å². The second-order valence-electron chi connectivity index (χ2n) is 15.0. The zero-order valence-electron chi connectivity index (χ0n) is 33.4. The number of nitrogens with one attached hydrogen (secondary N) is 4. The molecule has 4 aromatic carbocycles. The van der Waals surface area contributed by atoms with E-state index in [0.717, 1.165) is 101 Å². The lowest BCUT2D eigenvalue weighted by molar-refractivity contribution is 1.28. The third kappa shape index (κ3) is 6.91. The van der Waals surface area contributed by atoms with Crippen LogP contribution in [0.25, 0.3) is 90.5 Å². The molecule has 0 amide bonds. The van der Waals surface area contributed by atoms with Gasteiger partial charge >= 0.3 is 0 Å². The molecule has 0 fully saturated rings. The summed E-state index contributed by atoms with van der Waals surface area (Å²) in [4.78, 5) is 28.3. The molecule has 0 atom stereocenters. The lowest BCUT2D eigenvalue weighted by Crippen LogP contribution is -2.00. The Bertz CT molecular complexity index is 3300. The van der Waals surface area contributed by atoms with Crippen molar-refractivity contribution in [2.45, 2.75) is 0 Å². The minimum absolute atomic E-state index is 0.707. The monoisotopic (exact) mass is 798 g/mol. The average molecular weight is 799 g/mol. The van der Waals surface area contributed by atoms with Gasteiger partial charge in [-0.05, 0) is 82.9 Å². The zero-order valence-corrected chi connectivity index (χ0v) is 33.4. The highest BCUT2D eigenvalue weighted by atomic mass is 15.0. The minimum atomic E-state index is 0.707. The molecule has 0 spiro atoms. The number of aromatic amines is 2. The fourth-order valence-corrected chi connectivity index (χ4v) is 8.34. The topological polar surface area (TPSA) is 107 Å². The second kappa shape index (κ2) is 15.9. The number of hydrogen-bond donors (Lipinski definition) is 4. The van der Waals surface area contributed by atoms with Gasteiger partial charge in [-0.2, -0.15) is 0 Å². The van der Waals surface area contributed by atoms with Crippen LogP contribution in [0.3, 0.4) is 0 Å². The highest BCUT2D eigenvalue weighted by molar-refractivity contribution is 6.06. The number of anilines is 3. The first-order valence-corrected chi connectivity index (χ1v) is 20.6. The molecule has 8 bridgehead atoms. The van der Waals surface area contributed by atoms with Crippen LogP contribution in [0.1, 0.15) is 22.8 Å². The molecule has 9 aromatic rings. The maximum absolute atomic E-state index is 5.66. The summed E-state index contributed by atoms with van der Waals surface area (Å²) in [6.07, 6.45) is 9.97. The first-order chi connectivity index (χ1) is 30.7. The van der Waals surface area contributed by atoms with E-state index in [1.165, 1.54) is 0 Å². The van der Waals surface area contributed by atoms with Crippen LogP contribution in [0.2, 0.25) is 0 Å². The van der Waals surface area contributed by atoms with Crippen LogP contribution in [-0.4, -0.2) is 29.9 Å². The molecule has 4 N–H and O–H groups in total. The lowest BCUT2D eigenvalue weighted by Gasteiger charge is -2.11. The molecule has 8 heteroatoms. The number of nitrogens with zero attached hydrogens (tertiary/aromatic N) is 4. The quantitative estimate of drug-likeness (QED) is 0.122. The van der Waals surface area contributed by atoms with Crippen molar-refractivity contribution in [1.82, 2.24) is 29.9 Å². The standard InChI is InChI=1S/C54H38N8/c1-5-17-35(18-6-1)49-39-27-28-41(57-39)50(36-19-7-2-8-20-36)43-33-45(59-47-25-13-15-31-55-47)54(61-43)52(38-23-11-4-12-24-38)44-34-46(60-48-26-14-16-32-56-48)53(62-44)51(37-21-9-3-10-22-37)42-30-29-40(49)58-42/h1-34,58,61H,(H,55,59)(H,56,60). The lowest BCUT2D eigenvalue weighted by atomic mass is 10.0. The molecule has 0 unspecified atom stereocenters. The second-order valence-corrected chi connectivity index (χ2v) is 15.0. The SMILES string of the molecule is C1=Cc2nc1c(-c1ccccc1)c1ccc([nH]1)c(-c1ccccc1)c1nc(c(-c3ccccc3)c3[nH]c(cc3Nc3ccccn3)c2-c2ccccc2)C=C1Nc1ccccn1. The van der Waals surface area contributed by atoms with E-state index in [1.807, 2.05) is 60.7 Å². The summed E-state index contributed by atoms with van der Waals surface area (Å²) < 4.78 is 0. The molecule has 0 aliphatic carbocycles. The molecule has 294 valence electrons. The van der Waals surface area contributed by atoms with E-state index >= 15 is 0 Å². The number of H-pyrrole nitrogens is 2. The molecule has 0 radical (unpaired) electrons. The number of aromatic nitrogens is 6. The Labute approximate surface area is 358 Å². The first kappa shape index (κ1) is 36.5. The van der Waals surface area contributed by atoms with Crippen LogP contribution in [-0.2, 0) is 0 Å². The van der Waals surface area contributed by atoms with Crippen LogP contribution in [0, 0.1) is 0 Å². The van der Waals surface area contributed by atoms with Crippen molar-refractivity contribution in [2.75, 3.05) is 10.6 Å². The van der Waals surface area contributed by atoms with Crippen LogP contribution in [0.15, 0.2) is 188 Å². The third-order valence-electron chi connectivity index (χ3n) is 11.1. The molecule has 2 aliphatic heterocycles. The normalized spacial score (nSPS) is 11.9. The van der Waals surface area contributed by atoms with Crippen molar-refractivity contribution in [3.05, 3.63) is 211 Å². The zero-order chi connectivity index (χ0) is 41.2. The van der Waals surface area contributed by atoms with E-state index in [-0.39, 0.29) is 0 Å². The Morgan fingerprint density at radius 3 is 1.42 bits per heavy atom. The fourth-order valence-electron chi connectivity index (χ4n) is 8.34. The summed E-state index contributed by atoms with van der Waals surface area (Å²) in [7, 11) is 0. The van der Waals surface area contributed by atoms with Gasteiger partial charge in [0.2, 0.25) is 0 Å². The molecule has 5 aromatic heterocycles. The van der Waals surface area contributed by atoms with Gasteiger partial charge in [0.25, 0.3) is 0 Å². The van der Waals surface area contributed by atoms with Gasteiger partial charge in [-0.1, -0.05) is 133 Å². The van der Waals surface area contributed by atoms with E-state index in [2.05, 4.69) is 159 Å². The van der Waals surface area contributed by atoms with Crippen molar-refractivity contribution < 1.29 is 0 Å². The molecule has 0 saturated carbocycles. The van der Waals surface area contributed by atoms with Gasteiger partial charge in [-0.15, -0.1) is 0 Å². The van der Waals surface area contributed by atoms with Gasteiger partial charge in [0.15, 0.2) is 0 Å². The smallest absolute Gasteiger partial charge is 0.130 e. The Morgan fingerprint density at radius 2 is 0.871 bits per heavy atom. The Balaban J connectivity index is 1.36. The van der Waals surface area contributed by atoms with Gasteiger partial charge in [-0.25, -0.2) is 19.9 Å².